The lowest BCUT2D eigenvalue weighted by Gasteiger charge is -2.11. The fraction of sp³-hybridized carbons (Fsp3) is 0.0556. The van der Waals surface area contributed by atoms with Gasteiger partial charge in [-0.15, -0.1) is 0 Å². The summed E-state index contributed by atoms with van der Waals surface area (Å²) < 4.78 is 37.4. The van der Waals surface area contributed by atoms with Crippen LogP contribution in [-0.4, -0.2) is 19.7 Å². The van der Waals surface area contributed by atoms with E-state index in [1.54, 1.807) is 30.5 Å². The molecule has 0 radical (unpaired) electrons. The van der Waals surface area contributed by atoms with Gasteiger partial charge in [-0.3, -0.25) is 4.98 Å². The Morgan fingerprint density at radius 2 is 1.64 bits per heavy atom. The quantitative estimate of drug-likeness (QED) is 0.606. The number of benzene rings is 2. The molecule has 25 heavy (non-hydrogen) atoms. The maximum Gasteiger partial charge on any atom is 0.178 e. The van der Waals surface area contributed by atoms with Crippen molar-refractivity contribution < 1.29 is 12.8 Å². The molecule has 7 heteroatoms. The zero-order valence-corrected chi connectivity index (χ0v) is 15.3. The number of hydrogen-bond donors (Lipinski definition) is 0. The summed E-state index contributed by atoms with van der Waals surface area (Å²) in [6.07, 6.45) is 2.54. The van der Waals surface area contributed by atoms with Crippen LogP contribution in [0.4, 0.5) is 4.39 Å². The van der Waals surface area contributed by atoms with Crippen LogP contribution in [0.1, 0.15) is 0 Å². The van der Waals surface area contributed by atoms with Gasteiger partial charge in [0.1, 0.15) is 10.7 Å². The second kappa shape index (κ2) is 6.75. The molecule has 0 fully saturated rings. The lowest BCUT2D eigenvalue weighted by Crippen LogP contribution is -2.01. The third-order valence-electron chi connectivity index (χ3n) is 3.59. The van der Waals surface area contributed by atoms with Gasteiger partial charge in [0.25, 0.3) is 0 Å². The van der Waals surface area contributed by atoms with Gasteiger partial charge in [-0.05, 0) is 42.0 Å². The summed E-state index contributed by atoms with van der Waals surface area (Å²) in [6, 6.07) is 12.6. The summed E-state index contributed by atoms with van der Waals surface area (Å²) in [6.45, 7) is 0. The minimum Gasteiger partial charge on any atom is -0.256 e. The van der Waals surface area contributed by atoms with Crippen molar-refractivity contribution in [2.75, 3.05) is 6.26 Å². The fourth-order valence-corrected chi connectivity index (χ4v) is 3.78. The first-order chi connectivity index (χ1) is 11.8. The van der Waals surface area contributed by atoms with Gasteiger partial charge >= 0.3 is 0 Å². The van der Waals surface area contributed by atoms with E-state index in [1.807, 2.05) is 6.07 Å². The van der Waals surface area contributed by atoms with E-state index in [-0.39, 0.29) is 4.90 Å². The van der Waals surface area contributed by atoms with Crippen LogP contribution in [0.25, 0.3) is 22.4 Å². The summed E-state index contributed by atoms with van der Waals surface area (Å²) in [5.74, 6) is -0.819. The standard InChI is InChI=1S/C18H12Cl2FNO2S/c1-25(23,24)17-5-4-11(9-16(17)21)18-15(3-2-6-22-18)12-7-13(19)10-14(20)8-12/h2-10H,1H3. The number of pyridine rings is 1. The van der Waals surface area contributed by atoms with Crippen LogP contribution >= 0.6 is 23.2 Å². The van der Waals surface area contributed by atoms with Crippen molar-refractivity contribution in [1.82, 2.24) is 4.98 Å². The van der Waals surface area contributed by atoms with E-state index in [1.165, 1.54) is 12.1 Å². The molecule has 0 aliphatic heterocycles. The van der Waals surface area contributed by atoms with Gasteiger partial charge < -0.3 is 0 Å². The maximum atomic E-state index is 14.2. The van der Waals surface area contributed by atoms with Crippen LogP contribution in [0, 0.1) is 5.82 Å². The largest absolute Gasteiger partial charge is 0.256 e. The number of rotatable bonds is 3. The predicted molar refractivity (Wildman–Crippen MR) is 98.2 cm³/mol. The minimum atomic E-state index is -3.64. The molecule has 3 nitrogen and oxygen atoms in total. The monoisotopic (exact) mass is 395 g/mol. The maximum absolute atomic E-state index is 14.2. The lowest BCUT2D eigenvalue weighted by atomic mass is 9.99. The molecule has 0 aliphatic carbocycles. The Balaban J connectivity index is 2.18. The topological polar surface area (TPSA) is 47.0 Å². The number of halogens is 3. The average molecular weight is 396 g/mol. The molecule has 0 N–H and O–H groups in total. The summed E-state index contributed by atoms with van der Waals surface area (Å²) in [5.41, 5.74) is 2.39. The van der Waals surface area contributed by atoms with Crippen molar-refractivity contribution in [3.8, 4) is 22.4 Å². The highest BCUT2D eigenvalue weighted by atomic mass is 35.5. The zero-order chi connectivity index (χ0) is 18.2. The smallest absolute Gasteiger partial charge is 0.178 e. The van der Waals surface area contributed by atoms with Crippen LogP contribution in [0.3, 0.4) is 0 Å². The van der Waals surface area contributed by atoms with Crippen molar-refractivity contribution in [2.45, 2.75) is 4.90 Å². The summed E-state index contributed by atoms with van der Waals surface area (Å²) in [7, 11) is -3.64. The fourth-order valence-electron chi connectivity index (χ4n) is 2.53. The Labute approximate surface area is 155 Å². The first kappa shape index (κ1) is 17.9. The number of aromatic nitrogens is 1. The van der Waals surface area contributed by atoms with Crippen molar-refractivity contribution in [3.63, 3.8) is 0 Å². The van der Waals surface area contributed by atoms with Gasteiger partial charge in [-0.1, -0.05) is 35.3 Å². The van der Waals surface area contributed by atoms with Gasteiger partial charge in [0.15, 0.2) is 9.84 Å². The average Bonchev–Trinajstić information content (AvgIpc) is 2.52. The SMILES string of the molecule is CS(=O)(=O)c1ccc(-c2ncccc2-c2cc(Cl)cc(Cl)c2)cc1F. The number of sulfone groups is 1. The second-order valence-electron chi connectivity index (χ2n) is 5.48. The van der Waals surface area contributed by atoms with Gasteiger partial charge in [-0.2, -0.15) is 0 Å². The van der Waals surface area contributed by atoms with Crippen molar-refractivity contribution in [1.29, 1.82) is 0 Å². The van der Waals surface area contributed by atoms with Crippen LogP contribution in [0.5, 0.6) is 0 Å². The molecule has 0 amide bonds. The third-order valence-corrected chi connectivity index (χ3v) is 5.15. The predicted octanol–water partition coefficient (Wildman–Crippen LogP) is 5.27. The number of hydrogen-bond acceptors (Lipinski definition) is 3. The molecule has 0 unspecified atom stereocenters. The molecule has 3 aromatic rings. The molecular weight excluding hydrogens is 384 g/mol. The molecule has 0 aliphatic rings. The highest BCUT2D eigenvalue weighted by molar-refractivity contribution is 7.90. The molecule has 1 aromatic heterocycles. The van der Waals surface area contributed by atoms with E-state index in [0.717, 1.165) is 17.9 Å². The Morgan fingerprint density at radius 1 is 0.960 bits per heavy atom. The van der Waals surface area contributed by atoms with Gasteiger partial charge in [0, 0.05) is 33.6 Å². The molecule has 3 rings (SSSR count). The Morgan fingerprint density at radius 3 is 2.24 bits per heavy atom. The molecule has 0 saturated carbocycles. The molecule has 1 heterocycles. The molecular formula is C18H12Cl2FNO2S. The van der Waals surface area contributed by atoms with E-state index < -0.39 is 15.7 Å². The normalized spacial score (nSPS) is 11.5. The van der Waals surface area contributed by atoms with Crippen molar-refractivity contribution in [3.05, 3.63) is 70.6 Å². The lowest BCUT2D eigenvalue weighted by molar-refractivity contribution is 0.571. The highest BCUT2D eigenvalue weighted by Crippen LogP contribution is 2.34. The molecule has 0 bridgehead atoms. The van der Waals surface area contributed by atoms with Gasteiger partial charge in [0.05, 0.1) is 5.69 Å². The van der Waals surface area contributed by atoms with E-state index in [4.69, 9.17) is 23.2 Å². The van der Waals surface area contributed by atoms with E-state index in [0.29, 0.717) is 26.9 Å². The molecule has 0 saturated heterocycles. The molecule has 0 spiro atoms. The van der Waals surface area contributed by atoms with Gasteiger partial charge in [0.2, 0.25) is 0 Å². The summed E-state index contributed by atoms with van der Waals surface area (Å²) >= 11 is 12.1. The first-order valence-corrected chi connectivity index (χ1v) is 9.82. The third kappa shape index (κ3) is 3.84. The van der Waals surface area contributed by atoms with E-state index >= 15 is 0 Å². The van der Waals surface area contributed by atoms with Crippen molar-refractivity contribution in [2.24, 2.45) is 0 Å². The minimum absolute atomic E-state index is 0.348. The van der Waals surface area contributed by atoms with Gasteiger partial charge in [-0.25, -0.2) is 12.8 Å². The van der Waals surface area contributed by atoms with Crippen molar-refractivity contribution >= 4 is 33.0 Å². The Bertz CT molecular complexity index is 1050. The van der Waals surface area contributed by atoms with Crippen LogP contribution in [0.15, 0.2) is 59.6 Å². The zero-order valence-electron chi connectivity index (χ0n) is 13.0. The Hall–Kier alpha value is -1.95. The van der Waals surface area contributed by atoms with Crippen LogP contribution < -0.4 is 0 Å². The summed E-state index contributed by atoms with van der Waals surface area (Å²) in [4.78, 5) is 3.97. The van der Waals surface area contributed by atoms with E-state index in [9.17, 15) is 12.8 Å². The van der Waals surface area contributed by atoms with Crippen LogP contribution in [0.2, 0.25) is 10.0 Å². The first-order valence-electron chi connectivity index (χ1n) is 7.17. The summed E-state index contributed by atoms with van der Waals surface area (Å²) in [5, 5.41) is 0.937. The Kier molecular flexibility index (Phi) is 4.82. The van der Waals surface area contributed by atoms with E-state index in [2.05, 4.69) is 4.98 Å². The molecule has 2 aromatic carbocycles. The second-order valence-corrected chi connectivity index (χ2v) is 8.33. The molecule has 128 valence electrons. The highest BCUT2D eigenvalue weighted by Gasteiger charge is 2.16. The number of nitrogens with zero attached hydrogens (tertiary/aromatic N) is 1. The molecule has 0 atom stereocenters. The van der Waals surface area contributed by atoms with Crippen LogP contribution in [-0.2, 0) is 9.84 Å².